The molecule has 26 nitrogen and oxygen atoms in total. The molecule has 1 heterocycles. The highest BCUT2D eigenvalue weighted by Gasteiger charge is 2.27. The lowest BCUT2D eigenvalue weighted by atomic mass is 10.0. The molecule has 1 fully saturated rings. The van der Waals surface area contributed by atoms with Gasteiger partial charge in [0, 0.05) is 34.7 Å². The molecule has 1 amide bonds. The number of hydrogen-bond donors (Lipinski definition) is 3. The summed E-state index contributed by atoms with van der Waals surface area (Å²) in [7, 11) is -5.86. The number of hydrogen-bond acceptors (Lipinski definition) is 23. The number of carbonyl (C=O) groups excluding carboxylic acids is 4. The van der Waals surface area contributed by atoms with Crippen molar-refractivity contribution in [2.24, 2.45) is 5.92 Å². The van der Waals surface area contributed by atoms with Gasteiger partial charge in [0.05, 0.1) is 59.4 Å². The van der Waals surface area contributed by atoms with Crippen LogP contribution in [-0.4, -0.2) is 133 Å². The molecule has 0 aliphatic heterocycles. The first-order chi connectivity index (χ1) is 41.3. The topological polar surface area (TPSA) is 360 Å². The number of aldehydes is 2. The van der Waals surface area contributed by atoms with Crippen LogP contribution >= 0.6 is 23.2 Å². The molecule has 88 heavy (non-hydrogen) atoms. The van der Waals surface area contributed by atoms with Gasteiger partial charge >= 0.3 is 48.9 Å². The van der Waals surface area contributed by atoms with Crippen LogP contribution in [-0.2, 0) is 46.3 Å². The summed E-state index contributed by atoms with van der Waals surface area (Å²) in [5.41, 5.74) is 1.15. The van der Waals surface area contributed by atoms with Gasteiger partial charge in [0.15, 0.2) is 69.9 Å². The second-order valence-corrected chi connectivity index (χ2v) is 23.5. The summed E-state index contributed by atoms with van der Waals surface area (Å²) in [5.74, 6) is -2.40. The Morgan fingerprint density at radius 2 is 1.10 bits per heavy atom. The van der Waals surface area contributed by atoms with Gasteiger partial charge in [-0.25, -0.2) is 4.79 Å². The summed E-state index contributed by atoms with van der Waals surface area (Å²) in [6.07, 6.45) is 6.54. The lowest BCUT2D eigenvalue weighted by Crippen LogP contribution is -2.31. The van der Waals surface area contributed by atoms with Crippen LogP contribution in [0.5, 0.6) is 57.5 Å². The number of carboxylic acid groups (broad SMARTS) is 1. The summed E-state index contributed by atoms with van der Waals surface area (Å²) in [4.78, 5) is 57.2. The number of pyridine rings is 1. The number of alkyl halides is 2. The molecule has 0 saturated heterocycles. The van der Waals surface area contributed by atoms with E-state index in [9.17, 15) is 63.2 Å². The molecule has 1 aliphatic rings. The fourth-order valence-corrected chi connectivity index (χ4v) is 8.94. The fraction of sp³-hybridized carbons (Fsp3) is 0.273. The first kappa shape index (κ1) is 71.6. The van der Waals surface area contributed by atoms with E-state index in [0.29, 0.717) is 34.2 Å². The van der Waals surface area contributed by atoms with Gasteiger partial charge in [0.1, 0.15) is 35.3 Å². The molecule has 0 spiro atoms. The van der Waals surface area contributed by atoms with Gasteiger partial charge in [-0.1, -0.05) is 29.3 Å². The standard InChI is InChI=1S/C29H28Cl2F2N2O10S.C9H10O6S.C9H10O5S.C8H8O3/c1-41-22-7-6-18(10-26(22)45-46(2,39)40)28(37)34-12-27(36)43-24(11-19-20(30)13-35(38)14-21(19)31)17-5-8-23(44-29(32)33)25(9-17)42-15-16-3-4-16;1-14-7-4-3-6(9(10)11)5-8(7)15-16(2,12)13;1-13-8-4-3-7(6-10)5-9(8)14-15(2,11)12;1-11-8-3-2-6(5-9)4-7(8)10/h5-10,13-14,16,24,29H,3-4,11-12,15H2,1-2H3,(H,34,37);3-5H,1-2H3,(H,10,11);3-6H,1-2H3;2-5,10H,1H3/t24-;;;/m0.../s1. The largest absolute Gasteiger partial charge is 0.619 e. The zero-order chi connectivity index (χ0) is 65.7. The van der Waals surface area contributed by atoms with Crippen molar-refractivity contribution in [2.75, 3.05) is 60.4 Å². The zero-order valence-electron chi connectivity index (χ0n) is 47.3. The number of methoxy groups -OCH3 is 4. The van der Waals surface area contributed by atoms with Crippen molar-refractivity contribution in [3.8, 4) is 57.5 Å². The van der Waals surface area contributed by atoms with Crippen LogP contribution in [0, 0.1) is 11.1 Å². The molecule has 0 unspecified atom stereocenters. The van der Waals surface area contributed by atoms with Gasteiger partial charge in [-0.2, -0.15) is 38.8 Å². The highest BCUT2D eigenvalue weighted by Crippen LogP contribution is 2.39. The summed E-state index contributed by atoms with van der Waals surface area (Å²) in [5, 5.41) is 32.0. The Morgan fingerprint density at radius 3 is 1.56 bits per heavy atom. The van der Waals surface area contributed by atoms with E-state index in [1.165, 1.54) is 95.2 Å². The minimum atomic E-state index is -3.95. The van der Waals surface area contributed by atoms with E-state index in [-0.39, 0.29) is 103 Å². The Kier molecular flexibility index (Phi) is 26.6. The molecular weight excluding hydrogens is 1280 g/mol. The number of benzene rings is 5. The number of rotatable bonds is 25. The van der Waals surface area contributed by atoms with Crippen molar-refractivity contribution >= 4 is 84.0 Å². The van der Waals surface area contributed by atoms with Crippen molar-refractivity contribution in [3.63, 3.8) is 0 Å². The van der Waals surface area contributed by atoms with Gasteiger partial charge in [0.25, 0.3) is 5.91 Å². The van der Waals surface area contributed by atoms with Gasteiger partial charge in [-0.15, -0.1) is 0 Å². The van der Waals surface area contributed by atoms with E-state index >= 15 is 0 Å². The van der Waals surface area contributed by atoms with Crippen LogP contribution in [0.15, 0.2) is 103 Å². The Bertz CT molecular complexity index is 3800. The van der Waals surface area contributed by atoms with Crippen LogP contribution in [0.2, 0.25) is 10.0 Å². The van der Waals surface area contributed by atoms with Crippen LogP contribution in [0.3, 0.4) is 0 Å². The maximum atomic E-state index is 13.1. The molecule has 6 aromatic rings. The zero-order valence-corrected chi connectivity index (χ0v) is 51.3. The Balaban J connectivity index is 0.000000316. The summed E-state index contributed by atoms with van der Waals surface area (Å²) in [6, 6.07) is 20.2. The monoisotopic (exact) mass is 1330 g/mol. The molecule has 1 aromatic heterocycles. The van der Waals surface area contributed by atoms with Crippen molar-refractivity contribution in [1.82, 2.24) is 5.32 Å². The number of nitrogens with zero attached hydrogens (tertiary/aromatic N) is 1. The average Bonchev–Trinajstić information content (AvgIpc) is 4.47. The van der Waals surface area contributed by atoms with Crippen LogP contribution < -0.4 is 51.0 Å². The highest BCUT2D eigenvalue weighted by molar-refractivity contribution is 7.86. The molecule has 476 valence electrons. The lowest BCUT2D eigenvalue weighted by Gasteiger charge is -2.21. The number of esters is 1. The van der Waals surface area contributed by atoms with Crippen LogP contribution in [0.1, 0.15) is 71.5 Å². The van der Waals surface area contributed by atoms with E-state index in [4.69, 9.17) is 66.0 Å². The Hall–Kier alpha value is -8.91. The molecule has 1 atom stereocenters. The Labute approximate surface area is 513 Å². The molecule has 0 radical (unpaired) electrons. The second kappa shape index (κ2) is 32.7. The van der Waals surface area contributed by atoms with E-state index in [0.717, 1.165) is 56.1 Å². The highest BCUT2D eigenvalue weighted by atomic mass is 35.5. The van der Waals surface area contributed by atoms with Crippen molar-refractivity contribution in [1.29, 1.82) is 0 Å². The Morgan fingerprint density at radius 1 is 0.648 bits per heavy atom. The third-order valence-corrected chi connectivity index (χ3v) is 13.2. The summed E-state index contributed by atoms with van der Waals surface area (Å²) in [6.45, 7) is -3.49. The first-order valence-electron chi connectivity index (χ1n) is 24.8. The molecule has 33 heteroatoms. The van der Waals surface area contributed by atoms with Crippen molar-refractivity contribution < 1.29 is 119 Å². The number of aromatic nitrogens is 1. The molecule has 1 saturated carbocycles. The number of phenolic OH excluding ortho intramolecular Hbond substituents is 1. The number of ether oxygens (including phenoxy) is 7. The quantitative estimate of drug-likeness (QED) is 0.0165. The minimum absolute atomic E-state index is 0.00426. The molecule has 3 N–H and O–H groups in total. The van der Waals surface area contributed by atoms with Crippen LogP contribution in [0.4, 0.5) is 8.78 Å². The third-order valence-electron chi connectivity index (χ3n) is 11.1. The van der Waals surface area contributed by atoms with Gasteiger partial charge < -0.3 is 66.4 Å². The van der Waals surface area contributed by atoms with Gasteiger partial charge in [-0.3, -0.25) is 19.2 Å². The maximum Gasteiger partial charge on any atom is 0.387 e. The SMILES string of the molecule is COc1ccc(C(=O)NCC(=O)O[C@@H](Cc2c(Cl)c[n+]([O-])cc2Cl)c2ccc(OC(F)F)c(OCC3CC3)c2)cc1OS(C)(=O)=O.COc1ccc(C(=O)O)cc1OS(C)(=O)=O.COc1ccc(C=O)cc1O.COc1ccc(C=O)cc1OS(C)(=O)=O. The number of carbonyl (C=O) groups is 5. The van der Waals surface area contributed by atoms with E-state index in [2.05, 4.69) is 18.4 Å². The number of carboxylic acids is 1. The smallest absolute Gasteiger partial charge is 0.387 e. The van der Waals surface area contributed by atoms with Gasteiger partial charge in [-0.05, 0) is 103 Å². The summed E-state index contributed by atoms with van der Waals surface area (Å²) >= 11 is 12.5. The number of amides is 1. The van der Waals surface area contributed by atoms with E-state index < -0.39 is 67.5 Å². The minimum Gasteiger partial charge on any atom is -0.619 e. The van der Waals surface area contributed by atoms with E-state index in [1.54, 1.807) is 12.1 Å². The number of halogens is 4. The molecule has 5 aromatic carbocycles. The predicted octanol–water partition coefficient (Wildman–Crippen LogP) is 7.41. The number of phenols is 1. The van der Waals surface area contributed by atoms with Crippen molar-refractivity contribution in [3.05, 3.63) is 152 Å². The normalized spacial score (nSPS) is 12.0. The lowest BCUT2D eigenvalue weighted by molar-refractivity contribution is -0.605. The first-order valence-corrected chi connectivity index (χ1v) is 31.0. The second-order valence-electron chi connectivity index (χ2n) is 18.0. The third kappa shape index (κ3) is 24.1. The average molecular weight is 1330 g/mol. The maximum absolute atomic E-state index is 13.1. The number of aromatic hydroxyl groups is 1. The number of aromatic carboxylic acids is 1. The van der Waals surface area contributed by atoms with E-state index in [1.807, 2.05) is 0 Å². The fourth-order valence-electron chi connectivity index (χ4n) is 6.98. The molecule has 7 rings (SSSR count). The van der Waals surface area contributed by atoms with Gasteiger partial charge in [0.2, 0.25) is 0 Å². The molecule has 1 aliphatic carbocycles. The predicted molar refractivity (Wildman–Crippen MR) is 309 cm³/mol. The molecule has 0 bridgehead atoms. The molecular formula is C55H56Cl2F2N2O24S3. The number of nitrogens with one attached hydrogen (secondary N) is 1. The summed E-state index contributed by atoms with van der Waals surface area (Å²) < 4.78 is 143. The van der Waals surface area contributed by atoms with Crippen LogP contribution in [0.25, 0.3) is 0 Å². The van der Waals surface area contributed by atoms with Crippen molar-refractivity contribution in [2.45, 2.75) is 32.0 Å².